The minimum Gasteiger partial charge on any atom is -0.496 e. The number of ether oxygens (including phenoxy) is 2. The molecule has 1 saturated heterocycles. The van der Waals surface area contributed by atoms with Crippen LogP contribution >= 0.6 is 15.9 Å². The molecule has 1 aromatic carbocycles. The van der Waals surface area contributed by atoms with Crippen molar-refractivity contribution in [3.05, 3.63) is 28.2 Å². The Kier molecular flexibility index (Phi) is 5.67. The van der Waals surface area contributed by atoms with Crippen molar-refractivity contribution in [1.29, 1.82) is 0 Å². The lowest BCUT2D eigenvalue weighted by Gasteiger charge is -2.27. The first-order chi connectivity index (χ1) is 9.19. The van der Waals surface area contributed by atoms with E-state index >= 15 is 0 Å². The molecule has 0 aromatic heterocycles. The molecule has 1 atom stereocenters. The molecule has 0 N–H and O–H groups in total. The number of hydrogen-bond donors (Lipinski definition) is 0. The van der Waals surface area contributed by atoms with E-state index in [-0.39, 0.29) is 0 Å². The lowest BCUT2D eigenvalue weighted by atomic mass is 10.0. The number of halogens is 1. The summed E-state index contributed by atoms with van der Waals surface area (Å²) >= 11 is 3.53. The van der Waals surface area contributed by atoms with Crippen molar-refractivity contribution in [2.24, 2.45) is 5.92 Å². The van der Waals surface area contributed by atoms with E-state index < -0.39 is 0 Å². The Morgan fingerprint density at radius 2 is 2.32 bits per heavy atom. The second-order valence-electron chi connectivity index (χ2n) is 5.25. The molecule has 1 unspecified atom stereocenters. The number of nitrogens with zero attached hydrogens (tertiary/aromatic N) is 1. The molecule has 1 aliphatic heterocycles. The molecule has 0 bridgehead atoms. The van der Waals surface area contributed by atoms with E-state index in [2.05, 4.69) is 40.0 Å². The molecule has 0 aliphatic carbocycles. The zero-order valence-electron chi connectivity index (χ0n) is 11.7. The topological polar surface area (TPSA) is 21.7 Å². The first-order valence-corrected chi connectivity index (χ1v) is 7.57. The van der Waals surface area contributed by atoms with Crippen molar-refractivity contribution in [3.63, 3.8) is 0 Å². The van der Waals surface area contributed by atoms with Crippen LogP contribution in [0.4, 0.5) is 0 Å². The van der Waals surface area contributed by atoms with E-state index in [1.54, 1.807) is 7.11 Å². The standard InChI is InChI=1S/C15H22BrNO2/c1-17(10-13-4-3-7-19-11-13)9-12-5-6-15(18-2)14(16)8-12/h5-6,8,13H,3-4,7,9-11H2,1-2H3. The van der Waals surface area contributed by atoms with E-state index in [1.165, 1.54) is 18.4 Å². The third-order valence-corrected chi connectivity index (χ3v) is 4.11. The summed E-state index contributed by atoms with van der Waals surface area (Å²) in [6.45, 7) is 3.91. The van der Waals surface area contributed by atoms with Crippen molar-refractivity contribution in [3.8, 4) is 5.75 Å². The fourth-order valence-electron chi connectivity index (χ4n) is 2.58. The third-order valence-electron chi connectivity index (χ3n) is 3.49. The highest BCUT2D eigenvalue weighted by Crippen LogP contribution is 2.26. The summed E-state index contributed by atoms with van der Waals surface area (Å²) in [5.74, 6) is 1.56. The SMILES string of the molecule is COc1ccc(CN(C)CC2CCCOC2)cc1Br. The van der Waals surface area contributed by atoms with Crippen molar-refractivity contribution >= 4 is 15.9 Å². The molecule has 0 radical (unpaired) electrons. The molecular formula is C15H22BrNO2. The maximum Gasteiger partial charge on any atom is 0.133 e. The molecule has 1 fully saturated rings. The molecule has 1 aliphatic rings. The molecule has 106 valence electrons. The summed E-state index contributed by atoms with van der Waals surface area (Å²) in [5, 5.41) is 0. The first-order valence-electron chi connectivity index (χ1n) is 6.77. The highest BCUT2D eigenvalue weighted by molar-refractivity contribution is 9.10. The van der Waals surface area contributed by atoms with Crippen LogP contribution in [0.1, 0.15) is 18.4 Å². The van der Waals surface area contributed by atoms with Crippen LogP contribution in [0, 0.1) is 5.92 Å². The van der Waals surface area contributed by atoms with Gasteiger partial charge in [-0.15, -0.1) is 0 Å². The van der Waals surface area contributed by atoms with Gasteiger partial charge in [0.2, 0.25) is 0 Å². The van der Waals surface area contributed by atoms with Crippen LogP contribution < -0.4 is 4.74 Å². The number of methoxy groups -OCH3 is 1. The van der Waals surface area contributed by atoms with Crippen molar-refractivity contribution < 1.29 is 9.47 Å². The number of benzene rings is 1. The minimum absolute atomic E-state index is 0.681. The molecule has 4 heteroatoms. The monoisotopic (exact) mass is 327 g/mol. The Labute approximate surface area is 124 Å². The summed E-state index contributed by atoms with van der Waals surface area (Å²) in [4.78, 5) is 2.37. The van der Waals surface area contributed by atoms with E-state index in [1.807, 2.05) is 6.07 Å². The Morgan fingerprint density at radius 3 is 2.95 bits per heavy atom. The second-order valence-corrected chi connectivity index (χ2v) is 6.10. The quantitative estimate of drug-likeness (QED) is 0.828. The van der Waals surface area contributed by atoms with Gasteiger partial charge >= 0.3 is 0 Å². The van der Waals surface area contributed by atoms with E-state index in [4.69, 9.17) is 9.47 Å². The van der Waals surface area contributed by atoms with Crippen LogP contribution in [-0.2, 0) is 11.3 Å². The lowest BCUT2D eigenvalue weighted by molar-refractivity contribution is 0.0411. The molecule has 1 heterocycles. The average molecular weight is 328 g/mol. The lowest BCUT2D eigenvalue weighted by Crippen LogP contribution is -2.30. The molecule has 0 amide bonds. The van der Waals surface area contributed by atoms with Crippen molar-refractivity contribution in [2.45, 2.75) is 19.4 Å². The van der Waals surface area contributed by atoms with Crippen LogP contribution in [0.3, 0.4) is 0 Å². The van der Waals surface area contributed by atoms with E-state index in [0.717, 1.165) is 36.5 Å². The molecule has 1 aromatic rings. The summed E-state index contributed by atoms with van der Waals surface area (Å²) in [6.07, 6.45) is 2.49. The van der Waals surface area contributed by atoms with Gasteiger partial charge in [0.05, 0.1) is 18.2 Å². The van der Waals surface area contributed by atoms with Crippen LogP contribution in [0.25, 0.3) is 0 Å². The Balaban J connectivity index is 1.87. The zero-order chi connectivity index (χ0) is 13.7. The van der Waals surface area contributed by atoms with Gasteiger partial charge in [0.1, 0.15) is 5.75 Å². The van der Waals surface area contributed by atoms with Gasteiger partial charge < -0.3 is 14.4 Å². The Bertz CT molecular complexity index is 405. The van der Waals surface area contributed by atoms with Crippen LogP contribution in [0.2, 0.25) is 0 Å². The van der Waals surface area contributed by atoms with Gasteiger partial charge in [0, 0.05) is 19.7 Å². The maximum atomic E-state index is 5.53. The summed E-state index contributed by atoms with van der Waals surface area (Å²) < 4.78 is 11.8. The fourth-order valence-corrected chi connectivity index (χ4v) is 3.16. The highest BCUT2D eigenvalue weighted by atomic mass is 79.9. The molecule has 19 heavy (non-hydrogen) atoms. The van der Waals surface area contributed by atoms with Gasteiger partial charge in [-0.1, -0.05) is 6.07 Å². The van der Waals surface area contributed by atoms with E-state index in [0.29, 0.717) is 5.92 Å². The van der Waals surface area contributed by atoms with Crippen molar-refractivity contribution in [2.75, 3.05) is 33.9 Å². The molecule has 0 saturated carbocycles. The minimum atomic E-state index is 0.681. The summed E-state index contributed by atoms with van der Waals surface area (Å²) in [5.41, 5.74) is 1.30. The highest BCUT2D eigenvalue weighted by Gasteiger charge is 2.16. The summed E-state index contributed by atoms with van der Waals surface area (Å²) in [7, 11) is 3.86. The zero-order valence-corrected chi connectivity index (χ0v) is 13.3. The van der Waals surface area contributed by atoms with Gasteiger partial charge in [0.25, 0.3) is 0 Å². The Morgan fingerprint density at radius 1 is 1.47 bits per heavy atom. The predicted molar refractivity (Wildman–Crippen MR) is 80.6 cm³/mol. The van der Waals surface area contributed by atoms with Crippen molar-refractivity contribution in [1.82, 2.24) is 4.90 Å². The van der Waals surface area contributed by atoms with Crippen LogP contribution in [-0.4, -0.2) is 38.8 Å². The third kappa shape index (κ3) is 4.48. The van der Waals surface area contributed by atoms with E-state index in [9.17, 15) is 0 Å². The van der Waals surface area contributed by atoms with Gasteiger partial charge in [0.15, 0.2) is 0 Å². The largest absolute Gasteiger partial charge is 0.496 e. The molecule has 0 spiro atoms. The summed E-state index contributed by atoms with van der Waals surface area (Å²) in [6, 6.07) is 6.27. The molecule has 2 rings (SSSR count). The van der Waals surface area contributed by atoms with Crippen LogP contribution in [0.15, 0.2) is 22.7 Å². The fraction of sp³-hybridized carbons (Fsp3) is 0.600. The number of rotatable bonds is 5. The van der Waals surface area contributed by atoms with Gasteiger partial charge in [-0.3, -0.25) is 0 Å². The normalized spacial score (nSPS) is 19.7. The first kappa shape index (κ1) is 14.8. The maximum absolute atomic E-state index is 5.53. The average Bonchev–Trinajstić information content (AvgIpc) is 2.40. The predicted octanol–water partition coefficient (Wildman–Crippen LogP) is 3.32. The molecular weight excluding hydrogens is 306 g/mol. The van der Waals surface area contributed by atoms with Gasteiger partial charge in [-0.25, -0.2) is 0 Å². The van der Waals surface area contributed by atoms with Crippen LogP contribution in [0.5, 0.6) is 5.75 Å². The Hall–Kier alpha value is -0.580. The second kappa shape index (κ2) is 7.27. The van der Waals surface area contributed by atoms with Gasteiger partial charge in [-0.2, -0.15) is 0 Å². The van der Waals surface area contributed by atoms with Gasteiger partial charge in [-0.05, 0) is 59.4 Å². The number of hydrogen-bond acceptors (Lipinski definition) is 3. The smallest absolute Gasteiger partial charge is 0.133 e. The molecule has 3 nitrogen and oxygen atoms in total.